The molecule has 8 heteroatoms. The number of nitrogens with zero attached hydrogens (tertiary/aromatic N) is 3. The third kappa shape index (κ3) is 4.29. The molecule has 128 valence electrons. The molecule has 1 N–H and O–H groups in total. The van der Waals surface area contributed by atoms with Crippen molar-refractivity contribution in [3.05, 3.63) is 47.4 Å². The van der Waals surface area contributed by atoms with Crippen molar-refractivity contribution < 1.29 is 13.2 Å². The van der Waals surface area contributed by atoms with Crippen molar-refractivity contribution in [3.8, 4) is 0 Å². The molecule has 2 rings (SSSR count). The van der Waals surface area contributed by atoms with E-state index in [1.54, 1.807) is 6.07 Å². The predicted octanol–water partition coefficient (Wildman–Crippen LogP) is 3.25. The van der Waals surface area contributed by atoms with Gasteiger partial charge in [0.15, 0.2) is 0 Å². The van der Waals surface area contributed by atoms with Crippen LogP contribution in [0.3, 0.4) is 0 Å². The second-order valence-electron chi connectivity index (χ2n) is 5.83. The van der Waals surface area contributed by atoms with E-state index < -0.39 is 15.4 Å². The van der Waals surface area contributed by atoms with E-state index in [1.807, 2.05) is 20.8 Å². The molecule has 24 heavy (non-hydrogen) atoms. The van der Waals surface area contributed by atoms with Gasteiger partial charge < -0.3 is 15.3 Å². The van der Waals surface area contributed by atoms with Crippen LogP contribution in [-0.4, -0.2) is 24.3 Å². The second kappa shape index (κ2) is 6.96. The lowest BCUT2D eigenvalue weighted by molar-refractivity contribution is -0.124. The van der Waals surface area contributed by atoms with E-state index in [1.165, 1.54) is 36.7 Å². The van der Waals surface area contributed by atoms with Crippen molar-refractivity contribution in [2.24, 2.45) is 5.41 Å². The molecule has 0 saturated heterocycles. The smallest absolute Gasteiger partial charge is 0.230 e. The number of hydrogen-bond acceptors (Lipinski definition) is 5. The third-order valence-electron chi connectivity index (χ3n) is 3.66. The van der Waals surface area contributed by atoms with Gasteiger partial charge in [-0.3, -0.25) is 9.52 Å². The minimum atomic E-state index is -3.90. The summed E-state index contributed by atoms with van der Waals surface area (Å²) in [4.78, 5) is 19.7. The number of aromatic nitrogens is 2. The molecule has 0 atom stereocenters. The Bertz CT molecular complexity index is 803. The van der Waals surface area contributed by atoms with Crippen LogP contribution in [-0.2, 0) is 14.8 Å². The zero-order valence-electron chi connectivity index (χ0n) is 13.7. The van der Waals surface area contributed by atoms with E-state index >= 15 is 0 Å². The molecule has 1 aromatic carbocycles. The Labute approximate surface area is 141 Å². The normalized spacial score (nSPS) is 11.8. The highest BCUT2D eigenvalue weighted by atomic mass is 32.2. The molecule has 1 aromatic heterocycles. The van der Waals surface area contributed by atoms with Crippen LogP contribution >= 0.6 is 0 Å². The standard InChI is InChI=1S/C16H20N4O3S/c1-4-16(2,3)14(21)19-12-6-8-13(9-7-12)24(22,23)20-15-17-10-5-11-18-15/h5-11H,4H2,1-3H3,(H2,17,18,19,20,21)/p-1. The molecule has 0 aliphatic heterocycles. The number of anilines is 1. The van der Waals surface area contributed by atoms with Gasteiger partial charge in [-0.25, -0.2) is 8.42 Å². The van der Waals surface area contributed by atoms with Crippen LogP contribution in [0.5, 0.6) is 0 Å². The highest BCUT2D eigenvalue weighted by Crippen LogP contribution is 2.26. The van der Waals surface area contributed by atoms with Crippen molar-refractivity contribution in [2.45, 2.75) is 32.1 Å². The molecule has 0 fully saturated rings. The van der Waals surface area contributed by atoms with Crippen LogP contribution in [0.2, 0.25) is 0 Å². The van der Waals surface area contributed by atoms with Crippen LogP contribution in [0.15, 0.2) is 47.6 Å². The van der Waals surface area contributed by atoms with Crippen LogP contribution in [0.1, 0.15) is 27.2 Å². The lowest BCUT2D eigenvalue weighted by Gasteiger charge is -2.21. The molecule has 1 heterocycles. The van der Waals surface area contributed by atoms with E-state index in [-0.39, 0.29) is 16.8 Å². The Kier molecular flexibility index (Phi) is 5.18. The van der Waals surface area contributed by atoms with Crippen LogP contribution in [0.4, 0.5) is 11.6 Å². The maximum absolute atomic E-state index is 12.2. The van der Waals surface area contributed by atoms with Crippen LogP contribution in [0.25, 0.3) is 4.72 Å². The van der Waals surface area contributed by atoms with Gasteiger partial charge in [0.1, 0.15) is 0 Å². The maximum atomic E-state index is 12.2. The highest BCUT2D eigenvalue weighted by Gasteiger charge is 2.25. The molecule has 0 saturated carbocycles. The van der Waals surface area contributed by atoms with E-state index in [9.17, 15) is 13.2 Å². The summed E-state index contributed by atoms with van der Waals surface area (Å²) in [6.45, 7) is 5.63. The molecule has 0 bridgehead atoms. The topological polar surface area (TPSA) is 103 Å². The summed E-state index contributed by atoms with van der Waals surface area (Å²) < 4.78 is 28.0. The van der Waals surface area contributed by atoms with Gasteiger partial charge >= 0.3 is 0 Å². The number of carbonyl (C=O) groups is 1. The summed E-state index contributed by atoms with van der Waals surface area (Å²) in [5, 5.41) is 2.77. The van der Waals surface area contributed by atoms with Crippen LogP contribution in [0, 0.1) is 5.41 Å². The predicted molar refractivity (Wildman–Crippen MR) is 91.4 cm³/mol. The Morgan fingerprint density at radius 3 is 2.29 bits per heavy atom. The number of hydrogen-bond donors (Lipinski definition) is 1. The first-order chi connectivity index (χ1) is 11.2. The van der Waals surface area contributed by atoms with Crippen molar-refractivity contribution in [1.82, 2.24) is 9.97 Å². The Morgan fingerprint density at radius 2 is 1.75 bits per heavy atom. The monoisotopic (exact) mass is 347 g/mol. The van der Waals surface area contributed by atoms with Gasteiger partial charge in [0.25, 0.3) is 0 Å². The number of benzene rings is 1. The Balaban J connectivity index is 2.13. The number of carbonyl (C=O) groups excluding carboxylic acids is 1. The van der Waals surface area contributed by atoms with Gasteiger partial charge in [-0.1, -0.05) is 26.8 Å². The van der Waals surface area contributed by atoms with Crippen molar-refractivity contribution in [2.75, 3.05) is 5.32 Å². The van der Waals surface area contributed by atoms with Crippen molar-refractivity contribution >= 4 is 27.6 Å². The zero-order valence-corrected chi connectivity index (χ0v) is 14.5. The van der Waals surface area contributed by atoms with Crippen molar-refractivity contribution in [3.63, 3.8) is 0 Å². The zero-order chi connectivity index (χ0) is 17.8. The summed E-state index contributed by atoms with van der Waals surface area (Å²) >= 11 is 0. The molecule has 0 radical (unpaired) electrons. The lowest BCUT2D eigenvalue weighted by Crippen LogP contribution is -2.29. The molecular formula is C16H19N4O3S-. The van der Waals surface area contributed by atoms with Gasteiger partial charge in [-0.2, -0.15) is 0 Å². The first kappa shape index (κ1) is 17.9. The van der Waals surface area contributed by atoms with Gasteiger partial charge in [0.05, 0.1) is 4.90 Å². The first-order valence-electron chi connectivity index (χ1n) is 7.41. The molecule has 0 unspecified atom stereocenters. The number of amides is 1. The SMILES string of the molecule is CCC(C)(C)C(=O)Nc1ccc(S(=O)(=O)[N-]c2ncccn2)cc1. The molecular weight excluding hydrogens is 328 g/mol. The van der Waals surface area contributed by atoms with Crippen LogP contribution < -0.4 is 5.32 Å². The summed E-state index contributed by atoms with van der Waals surface area (Å²) in [6.07, 6.45) is 3.52. The average Bonchev–Trinajstić information content (AvgIpc) is 2.56. The maximum Gasteiger partial charge on any atom is 0.230 e. The summed E-state index contributed by atoms with van der Waals surface area (Å²) in [7, 11) is -3.90. The largest absolute Gasteiger partial charge is 0.366 e. The summed E-state index contributed by atoms with van der Waals surface area (Å²) in [5.74, 6) is -0.248. The quantitative estimate of drug-likeness (QED) is 0.864. The molecule has 7 nitrogen and oxygen atoms in total. The minimum Gasteiger partial charge on any atom is -0.366 e. The molecule has 0 aliphatic rings. The highest BCUT2D eigenvalue weighted by molar-refractivity contribution is 7.94. The first-order valence-corrected chi connectivity index (χ1v) is 8.85. The molecule has 2 aromatic rings. The van der Waals surface area contributed by atoms with Gasteiger partial charge in [-0.05, 0) is 43.1 Å². The van der Waals surface area contributed by atoms with E-state index in [2.05, 4.69) is 20.0 Å². The summed E-state index contributed by atoms with van der Waals surface area (Å²) in [5.41, 5.74) is 0.0292. The lowest BCUT2D eigenvalue weighted by atomic mass is 9.89. The molecule has 0 spiro atoms. The van der Waals surface area contributed by atoms with E-state index in [0.717, 1.165) is 0 Å². The summed E-state index contributed by atoms with van der Waals surface area (Å²) in [6, 6.07) is 7.39. The average molecular weight is 347 g/mol. The van der Waals surface area contributed by atoms with Crippen molar-refractivity contribution in [1.29, 1.82) is 0 Å². The van der Waals surface area contributed by atoms with Gasteiger partial charge in [0.2, 0.25) is 15.9 Å². The fraction of sp³-hybridized carbons (Fsp3) is 0.312. The van der Waals surface area contributed by atoms with E-state index in [4.69, 9.17) is 0 Å². The second-order valence-corrected chi connectivity index (χ2v) is 7.44. The molecule has 1 amide bonds. The van der Waals surface area contributed by atoms with E-state index in [0.29, 0.717) is 12.1 Å². The fourth-order valence-electron chi connectivity index (χ4n) is 1.67. The fourth-order valence-corrected chi connectivity index (χ4v) is 2.56. The Morgan fingerprint density at radius 1 is 1.17 bits per heavy atom. The minimum absolute atomic E-state index is 0.00250. The van der Waals surface area contributed by atoms with Gasteiger partial charge in [-0.15, -0.1) is 0 Å². The number of nitrogens with one attached hydrogen (secondary N) is 1. The number of rotatable bonds is 6. The number of sulfonamides is 1. The van der Waals surface area contributed by atoms with Gasteiger partial charge in [0, 0.05) is 17.1 Å². The third-order valence-corrected chi connectivity index (χ3v) is 4.93. The molecule has 0 aliphatic carbocycles. The Hall–Kier alpha value is -2.48.